The number of ether oxygens (including phenoxy) is 1. The number of hydrogen-bond acceptors (Lipinski definition) is 1. The van der Waals surface area contributed by atoms with Crippen molar-refractivity contribution in [3.05, 3.63) is 26.7 Å². The predicted molar refractivity (Wildman–Crippen MR) is 55.3 cm³/mol. The maximum Gasteiger partial charge on any atom is 0.152 e. The molecule has 0 spiro atoms. The lowest BCUT2D eigenvalue weighted by Crippen LogP contribution is -1.93. The summed E-state index contributed by atoms with van der Waals surface area (Å²) in [5.41, 5.74) is 0. The van der Waals surface area contributed by atoms with E-state index in [9.17, 15) is 0 Å². The third-order valence-corrected chi connectivity index (χ3v) is 2.34. The van der Waals surface area contributed by atoms with Gasteiger partial charge in [0.1, 0.15) is 0 Å². The van der Waals surface area contributed by atoms with Crippen LogP contribution < -0.4 is 4.74 Å². The third kappa shape index (κ3) is 2.28. The smallest absolute Gasteiger partial charge is 0.152 e. The molecule has 0 bridgehead atoms. The lowest BCUT2D eigenvalue weighted by molar-refractivity contribution is 0.338. The van der Waals surface area contributed by atoms with Crippen LogP contribution >= 0.6 is 39.1 Å². The van der Waals surface area contributed by atoms with E-state index < -0.39 is 0 Å². The Labute approximate surface area is 89.7 Å². The van der Waals surface area contributed by atoms with E-state index in [0.717, 1.165) is 4.47 Å². The molecule has 0 heterocycles. The molecule has 0 radical (unpaired) electrons. The molecule has 0 unspecified atom stereocenters. The zero-order chi connectivity index (χ0) is 9.14. The van der Waals surface area contributed by atoms with Gasteiger partial charge in [-0.25, -0.2) is 0 Å². The van der Waals surface area contributed by atoms with Gasteiger partial charge in [0, 0.05) is 5.02 Å². The van der Waals surface area contributed by atoms with Gasteiger partial charge in [0.2, 0.25) is 0 Å². The first kappa shape index (κ1) is 10.2. The molecule has 1 rings (SSSR count). The Balaban J connectivity index is 3.10. The summed E-state index contributed by atoms with van der Waals surface area (Å²) in [5.74, 6) is 0.642. The molecule has 0 fully saturated rings. The van der Waals surface area contributed by atoms with Gasteiger partial charge in [-0.05, 0) is 35.0 Å². The summed E-state index contributed by atoms with van der Waals surface area (Å²) in [6.45, 7) is 2.48. The Hall–Kier alpha value is 0.0800. The van der Waals surface area contributed by atoms with Gasteiger partial charge in [0.05, 0.1) is 16.1 Å². The third-order valence-electron chi connectivity index (χ3n) is 1.25. The molecule has 0 saturated carbocycles. The first-order valence-electron chi connectivity index (χ1n) is 3.42. The molecule has 0 N–H and O–H groups in total. The van der Waals surface area contributed by atoms with Crippen molar-refractivity contribution in [2.45, 2.75) is 6.92 Å². The Bertz CT molecular complexity index is 265. The molecule has 66 valence electrons. The van der Waals surface area contributed by atoms with Crippen molar-refractivity contribution < 1.29 is 4.74 Å². The molecule has 1 aromatic carbocycles. The number of halogens is 3. The normalized spacial score (nSPS) is 10.0. The second kappa shape index (κ2) is 4.35. The van der Waals surface area contributed by atoms with E-state index in [1.807, 2.05) is 6.92 Å². The summed E-state index contributed by atoms with van der Waals surface area (Å²) in [6, 6.07) is 3.40. The largest absolute Gasteiger partial charge is 0.491 e. The minimum Gasteiger partial charge on any atom is -0.491 e. The molecule has 0 amide bonds. The molecule has 0 atom stereocenters. The zero-order valence-electron chi connectivity index (χ0n) is 6.40. The van der Waals surface area contributed by atoms with Crippen LogP contribution in [-0.2, 0) is 0 Å². The Kier molecular flexibility index (Phi) is 3.69. The Morgan fingerprint density at radius 2 is 2.08 bits per heavy atom. The highest BCUT2D eigenvalue weighted by atomic mass is 79.9. The van der Waals surface area contributed by atoms with Crippen molar-refractivity contribution in [3.8, 4) is 5.75 Å². The Morgan fingerprint density at radius 1 is 1.42 bits per heavy atom. The fourth-order valence-electron chi connectivity index (χ4n) is 0.811. The molecule has 0 aliphatic carbocycles. The van der Waals surface area contributed by atoms with Crippen molar-refractivity contribution in [1.29, 1.82) is 0 Å². The molecule has 12 heavy (non-hydrogen) atoms. The highest BCUT2D eigenvalue weighted by Crippen LogP contribution is 2.35. The van der Waals surface area contributed by atoms with Crippen molar-refractivity contribution in [3.63, 3.8) is 0 Å². The van der Waals surface area contributed by atoms with Gasteiger partial charge >= 0.3 is 0 Å². The summed E-state index contributed by atoms with van der Waals surface area (Å²) >= 11 is 14.9. The van der Waals surface area contributed by atoms with Gasteiger partial charge < -0.3 is 4.74 Å². The molecule has 0 aromatic heterocycles. The molecular formula is C8H7BrCl2O. The summed E-state index contributed by atoms with van der Waals surface area (Å²) in [7, 11) is 0. The standard InChI is InChI=1S/C8H7BrCl2O/c1-2-12-8-6(9)3-5(10)4-7(8)11/h3-4H,2H2,1H3. The fraction of sp³-hybridized carbons (Fsp3) is 0.250. The van der Waals surface area contributed by atoms with E-state index in [1.165, 1.54) is 0 Å². The molecule has 1 nitrogen and oxygen atoms in total. The molecule has 0 saturated heterocycles. The van der Waals surface area contributed by atoms with Gasteiger partial charge in [-0.1, -0.05) is 23.2 Å². The first-order valence-corrected chi connectivity index (χ1v) is 4.97. The molecule has 1 aromatic rings. The van der Waals surface area contributed by atoms with E-state index in [1.54, 1.807) is 12.1 Å². The van der Waals surface area contributed by atoms with Crippen LogP contribution in [0.4, 0.5) is 0 Å². The summed E-state index contributed by atoms with van der Waals surface area (Å²) in [4.78, 5) is 0. The average molecular weight is 270 g/mol. The van der Waals surface area contributed by atoms with Crippen LogP contribution in [0.5, 0.6) is 5.75 Å². The Morgan fingerprint density at radius 3 is 2.58 bits per heavy atom. The molecule has 0 aliphatic heterocycles. The second-order valence-corrected chi connectivity index (χ2v) is 3.83. The zero-order valence-corrected chi connectivity index (χ0v) is 9.50. The van der Waals surface area contributed by atoms with E-state index >= 15 is 0 Å². The quantitative estimate of drug-likeness (QED) is 0.784. The van der Waals surface area contributed by atoms with E-state index in [-0.39, 0.29) is 0 Å². The molecule has 4 heteroatoms. The number of hydrogen-bond donors (Lipinski definition) is 0. The van der Waals surface area contributed by atoms with E-state index in [2.05, 4.69) is 15.9 Å². The monoisotopic (exact) mass is 268 g/mol. The summed E-state index contributed by atoms with van der Waals surface area (Å²) < 4.78 is 6.06. The highest BCUT2D eigenvalue weighted by Gasteiger charge is 2.07. The van der Waals surface area contributed by atoms with Gasteiger partial charge in [-0.2, -0.15) is 0 Å². The lowest BCUT2D eigenvalue weighted by Gasteiger charge is -2.07. The minimum absolute atomic E-state index is 0.524. The van der Waals surface area contributed by atoms with Crippen LogP contribution in [0.3, 0.4) is 0 Å². The SMILES string of the molecule is CCOc1c(Cl)cc(Cl)cc1Br. The van der Waals surface area contributed by atoms with Crippen LogP contribution in [0, 0.1) is 0 Å². The van der Waals surface area contributed by atoms with Crippen LogP contribution in [0.2, 0.25) is 10.0 Å². The van der Waals surface area contributed by atoms with Gasteiger partial charge in [-0.15, -0.1) is 0 Å². The second-order valence-electron chi connectivity index (χ2n) is 2.13. The highest BCUT2D eigenvalue weighted by molar-refractivity contribution is 9.10. The van der Waals surface area contributed by atoms with Gasteiger partial charge in [0.25, 0.3) is 0 Å². The average Bonchev–Trinajstić information content (AvgIpc) is 1.96. The fourth-order valence-corrected chi connectivity index (χ4v) is 2.18. The van der Waals surface area contributed by atoms with Crippen molar-refractivity contribution in [2.24, 2.45) is 0 Å². The van der Waals surface area contributed by atoms with Crippen LogP contribution in [0.25, 0.3) is 0 Å². The first-order chi connectivity index (χ1) is 5.65. The number of rotatable bonds is 2. The maximum atomic E-state index is 5.87. The van der Waals surface area contributed by atoms with Gasteiger partial charge in [0.15, 0.2) is 5.75 Å². The van der Waals surface area contributed by atoms with Gasteiger partial charge in [-0.3, -0.25) is 0 Å². The minimum atomic E-state index is 0.524. The summed E-state index contributed by atoms with van der Waals surface area (Å²) in [6.07, 6.45) is 0. The lowest BCUT2D eigenvalue weighted by atomic mass is 10.3. The van der Waals surface area contributed by atoms with Crippen molar-refractivity contribution in [2.75, 3.05) is 6.61 Å². The van der Waals surface area contributed by atoms with Crippen molar-refractivity contribution >= 4 is 39.1 Å². The molecular weight excluding hydrogens is 263 g/mol. The van der Waals surface area contributed by atoms with E-state index in [4.69, 9.17) is 27.9 Å². The van der Waals surface area contributed by atoms with Crippen LogP contribution in [0.1, 0.15) is 6.92 Å². The van der Waals surface area contributed by atoms with Crippen LogP contribution in [0.15, 0.2) is 16.6 Å². The number of benzene rings is 1. The maximum absolute atomic E-state index is 5.87. The van der Waals surface area contributed by atoms with Crippen molar-refractivity contribution in [1.82, 2.24) is 0 Å². The van der Waals surface area contributed by atoms with E-state index in [0.29, 0.717) is 22.4 Å². The topological polar surface area (TPSA) is 9.23 Å². The predicted octanol–water partition coefficient (Wildman–Crippen LogP) is 4.15. The summed E-state index contributed by atoms with van der Waals surface area (Å²) in [5, 5.41) is 1.12. The van der Waals surface area contributed by atoms with Crippen LogP contribution in [-0.4, -0.2) is 6.61 Å². The molecule has 0 aliphatic rings.